The molecule has 9 nitrogen and oxygen atoms in total. The third kappa shape index (κ3) is 4.55. The van der Waals surface area contributed by atoms with Crippen LogP contribution >= 0.6 is 11.3 Å². The van der Waals surface area contributed by atoms with Crippen molar-refractivity contribution in [1.82, 2.24) is 30.1 Å². The Morgan fingerprint density at radius 3 is 2.71 bits per heavy atom. The van der Waals surface area contributed by atoms with Gasteiger partial charge in [-0.25, -0.2) is 4.68 Å². The Kier molecular flexibility index (Phi) is 6.33. The molecule has 10 heteroatoms. The Morgan fingerprint density at radius 2 is 2.00 bits per heavy atom. The van der Waals surface area contributed by atoms with Crippen molar-refractivity contribution in [3.8, 4) is 11.5 Å². The van der Waals surface area contributed by atoms with E-state index in [-0.39, 0.29) is 23.9 Å². The summed E-state index contributed by atoms with van der Waals surface area (Å²) >= 11 is 1.70. The SMILES string of the molecule is CC[C@@H](c1nnnn1C(C)(C)CC)N(Cc1cccs1)Cc1cc2cc3c(cc2[nH]c1=O)OCO3. The van der Waals surface area contributed by atoms with Gasteiger partial charge in [0, 0.05) is 35.0 Å². The molecule has 1 aliphatic heterocycles. The minimum atomic E-state index is -0.219. The van der Waals surface area contributed by atoms with E-state index in [9.17, 15) is 4.79 Å². The van der Waals surface area contributed by atoms with Crippen LogP contribution in [0.2, 0.25) is 0 Å². The number of thiophene rings is 1. The Balaban J connectivity index is 1.54. The third-order valence-corrected chi connectivity index (χ3v) is 7.65. The first-order valence-corrected chi connectivity index (χ1v) is 12.8. The fourth-order valence-electron chi connectivity index (χ4n) is 4.44. The highest BCUT2D eigenvalue weighted by Gasteiger charge is 2.31. The Labute approximate surface area is 207 Å². The Hall–Kier alpha value is -3.24. The number of fused-ring (bicyclic) bond motifs is 2. The molecule has 0 aliphatic carbocycles. The number of pyridine rings is 1. The topological polar surface area (TPSA) is 98.2 Å². The lowest BCUT2D eigenvalue weighted by Gasteiger charge is -2.32. The molecule has 1 atom stereocenters. The van der Waals surface area contributed by atoms with Crippen LogP contribution in [0.25, 0.3) is 10.9 Å². The number of aromatic amines is 1. The summed E-state index contributed by atoms with van der Waals surface area (Å²) in [6, 6.07) is 9.79. The van der Waals surface area contributed by atoms with Crippen LogP contribution in [-0.2, 0) is 18.6 Å². The zero-order valence-electron chi connectivity index (χ0n) is 20.4. The minimum absolute atomic E-state index is 0.0650. The quantitative estimate of drug-likeness (QED) is 0.363. The van der Waals surface area contributed by atoms with Gasteiger partial charge in [0.05, 0.1) is 17.1 Å². The van der Waals surface area contributed by atoms with Crippen molar-refractivity contribution >= 4 is 22.2 Å². The van der Waals surface area contributed by atoms with Gasteiger partial charge >= 0.3 is 0 Å². The second kappa shape index (κ2) is 9.43. The Morgan fingerprint density at radius 1 is 1.20 bits per heavy atom. The van der Waals surface area contributed by atoms with Crippen LogP contribution in [0.3, 0.4) is 0 Å². The fourth-order valence-corrected chi connectivity index (χ4v) is 5.17. The van der Waals surface area contributed by atoms with E-state index in [2.05, 4.69) is 70.6 Å². The van der Waals surface area contributed by atoms with E-state index in [1.165, 1.54) is 4.88 Å². The first kappa shape index (κ1) is 23.5. The second-order valence-corrected chi connectivity index (χ2v) is 10.5. The van der Waals surface area contributed by atoms with Crippen LogP contribution < -0.4 is 15.0 Å². The number of hydrogen-bond acceptors (Lipinski definition) is 8. The van der Waals surface area contributed by atoms with Gasteiger partial charge in [0.25, 0.3) is 5.56 Å². The van der Waals surface area contributed by atoms with Gasteiger partial charge in [-0.1, -0.05) is 19.9 Å². The number of rotatable bonds is 9. The molecule has 5 rings (SSSR count). The number of hydrogen-bond donors (Lipinski definition) is 1. The maximum Gasteiger partial charge on any atom is 0.252 e. The molecule has 0 amide bonds. The molecule has 3 aromatic heterocycles. The second-order valence-electron chi connectivity index (χ2n) is 9.44. The zero-order valence-corrected chi connectivity index (χ0v) is 21.3. The molecule has 35 heavy (non-hydrogen) atoms. The lowest BCUT2D eigenvalue weighted by atomic mass is 10.0. The van der Waals surface area contributed by atoms with Crippen molar-refractivity contribution in [2.45, 2.75) is 65.2 Å². The summed E-state index contributed by atoms with van der Waals surface area (Å²) in [4.78, 5) is 19.7. The molecular weight excluding hydrogens is 464 g/mol. The molecule has 1 aromatic carbocycles. The largest absolute Gasteiger partial charge is 0.454 e. The number of H-pyrrole nitrogens is 1. The number of nitrogens with zero attached hydrogens (tertiary/aromatic N) is 5. The van der Waals surface area contributed by atoms with E-state index in [4.69, 9.17) is 9.47 Å². The van der Waals surface area contributed by atoms with Gasteiger partial charge in [0.1, 0.15) is 0 Å². The predicted molar refractivity (Wildman–Crippen MR) is 135 cm³/mol. The maximum absolute atomic E-state index is 13.1. The minimum Gasteiger partial charge on any atom is -0.454 e. The van der Waals surface area contributed by atoms with Gasteiger partial charge in [0.15, 0.2) is 17.3 Å². The van der Waals surface area contributed by atoms with Crippen LogP contribution in [-0.4, -0.2) is 36.9 Å². The molecule has 4 aromatic rings. The maximum atomic E-state index is 13.1. The first-order chi connectivity index (χ1) is 16.9. The molecule has 4 heterocycles. The number of nitrogens with one attached hydrogen (secondary N) is 1. The van der Waals surface area contributed by atoms with Gasteiger partial charge in [-0.15, -0.1) is 16.4 Å². The summed E-state index contributed by atoms with van der Waals surface area (Å²) in [7, 11) is 0. The van der Waals surface area contributed by atoms with Gasteiger partial charge in [-0.3, -0.25) is 9.69 Å². The van der Waals surface area contributed by atoms with Crippen LogP contribution in [0.5, 0.6) is 11.5 Å². The smallest absolute Gasteiger partial charge is 0.252 e. The molecule has 184 valence electrons. The highest BCUT2D eigenvalue weighted by atomic mass is 32.1. The highest BCUT2D eigenvalue weighted by Crippen LogP contribution is 2.36. The van der Waals surface area contributed by atoms with Gasteiger partial charge in [0.2, 0.25) is 6.79 Å². The van der Waals surface area contributed by atoms with Crippen molar-refractivity contribution in [3.05, 3.63) is 62.3 Å². The van der Waals surface area contributed by atoms with Crippen molar-refractivity contribution in [2.75, 3.05) is 6.79 Å². The van der Waals surface area contributed by atoms with E-state index < -0.39 is 0 Å². The predicted octanol–water partition coefficient (Wildman–Crippen LogP) is 4.60. The van der Waals surface area contributed by atoms with E-state index in [0.717, 1.165) is 29.6 Å². The van der Waals surface area contributed by atoms with Crippen LogP contribution in [0.15, 0.2) is 40.5 Å². The number of ether oxygens (including phenoxy) is 2. The van der Waals surface area contributed by atoms with Crippen molar-refractivity contribution in [3.63, 3.8) is 0 Å². The number of tetrazole rings is 1. The molecule has 0 bridgehead atoms. The van der Waals surface area contributed by atoms with Gasteiger partial charge < -0.3 is 14.5 Å². The molecule has 0 spiro atoms. The molecule has 0 radical (unpaired) electrons. The average molecular weight is 495 g/mol. The standard InChI is InChI=1S/C25H30N6O3S/c1-5-20(23-27-28-29-31(23)25(3,4)6-2)30(14-18-8-7-9-35-18)13-17-10-16-11-21-22(34-15-33-21)12-19(16)26-24(17)32/h7-12,20H,5-6,13-15H2,1-4H3,(H,26,32)/t20-/m0/s1. The van der Waals surface area contributed by atoms with E-state index in [0.29, 0.717) is 30.2 Å². The van der Waals surface area contributed by atoms with E-state index >= 15 is 0 Å². The Bertz CT molecular complexity index is 1380. The lowest BCUT2D eigenvalue weighted by molar-refractivity contribution is 0.152. The molecule has 1 aliphatic rings. The summed E-state index contributed by atoms with van der Waals surface area (Å²) < 4.78 is 12.9. The number of aromatic nitrogens is 5. The molecule has 1 N–H and O–H groups in total. The average Bonchev–Trinajstić information content (AvgIpc) is 3.61. The number of benzene rings is 1. The first-order valence-electron chi connectivity index (χ1n) is 11.9. The summed E-state index contributed by atoms with van der Waals surface area (Å²) in [5.41, 5.74) is 1.08. The monoisotopic (exact) mass is 494 g/mol. The molecular formula is C25H30N6O3S. The summed E-state index contributed by atoms with van der Waals surface area (Å²) in [5.74, 6) is 2.16. The van der Waals surface area contributed by atoms with Crippen molar-refractivity contribution < 1.29 is 9.47 Å². The zero-order chi connectivity index (χ0) is 24.6. The molecule has 0 saturated heterocycles. The fraction of sp³-hybridized carbons (Fsp3) is 0.440. The summed E-state index contributed by atoms with van der Waals surface area (Å²) in [6.07, 6.45) is 1.70. The summed E-state index contributed by atoms with van der Waals surface area (Å²) in [6.45, 7) is 9.89. The van der Waals surface area contributed by atoms with Crippen LogP contribution in [0.4, 0.5) is 0 Å². The van der Waals surface area contributed by atoms with Gasteiger partial charge in [-0.05, 0) is 60.7 Å². The lowest BCUT2D eigenvalue weighted by Crippen LogP contribution is -2.35. The van der Waals surface area contributed by atoms with Crippen molar-refractivity contribution in [1.29, 1.82) is 0 Å². The molecule has 0 fully saturated rings. The van der Waals surface area contributed by atoms with E-state index in [1.807, 2.05) is 22.9 Å². The van der Waals surface area contributed by atoms with Crippen LogP contribution in [0, 0.1) is 0 Å². The normalized spacial score (nSPS) is 14.2. The molecule has 0 unspecified atom stereocenters. The van der Waals surface area contributed by atoms with Crippen LogP contribution in [0.1, 0.15) is 62.8 Å². The van der Waals surface area contributed by atoms with Gasteiger partial charge in [-0.2, -0.15) is 0 Å². The summed E-state index contributed by atoms with van der Waals surface area (Å²) in [5, 5.41) is 15.8. The van der Waals surface area contributed by atoms with E-state index in [1.54, 1.807) is 11.3 Å². The third-order valence-electron chi connectivity index (χ3n) is 6.78. The van der Waals surface area contributed by atoms with Crippen molar-refractivity contribution in [2.24, 2.45) is 0 Å². The molecule has 0 saturated carbocycles. The highest BCUT2D eigenvalue weighted by molar-refractivity contribution is 7.09.